The number of aryl methyl sites for hydroxylation is 1. The summed E-state index contributed by atoms with van der Waals surface area (Å²) in [6, 6.07) is 5.32. The van der Waals surface area contributed by atoms with Gasteiger partial charge in [0.1, 0.15) is 0 Å². The lowest BCUT2D eigenvalue weighted by Crippen LogP contribution is -2.45. The van der Waals surface area contributed by atoms with Crippen LogP contribution < -0.4 is 0 Å². The van der Waals surface area contributed by atoms with Gasteiger partial charge in [0, 0.05) is 20.1 Å². The van der Waals surface area contributed by atoms with E-state index in [9.17, 15) is 9.59 Å². The minimum atomic E-state index is -0.302. The Bertz CT molecular complexity index is 599. The number of rotatable bonds is 1. The van der Waals surface area contributed by atoms with Crippen molar-refractivity contribution in [2.75, 3.05) is 33.4 Å². The van der Waals surface area contributed by atoms with Gasteiger partial charge in [-0.15, -0.1) is 0 Å². The molecule has 3 rings (SSSR count). The largest absolute Gasteiger partial charge is 0.378 e. The van der Waals surface area contributed by atoms with Gasteiger partial charge in [-0.25, -0.2) is 0 Å². The molecule has 0 unspecified atom stereocenters. The number of likely N-dealkylation sites (N-methyl/N-ethyl adjacent to an activating group) is 1. The summed E-state index contributed by atoms with van der Waals surface area (Å²) in [4.78, 5) is 28.7. The van der Waals surface area contributed by atoms with E-state index in [0.29, 0.717) is 36.9 Å². The van der Waals surface area contributed by atoms with Gasteiger partial charge in [-0.1, -0.05) is 23.7 Å². The van der Waals surface area contributed by atoms with Crippen LogP contribution >= 0.6 is 11.6 Å². The number of fused-ring (bicyclic) bond motifs is 3. The maximum Gasteiger partial charge on any atom is 0.255 e. The number of carbonyl (C=O) groups excluding carboxylic acids is 2. The van der Waals surface area contributed by atoms with Gasteiger partial charge in [0.2, 0.25) is 5.91 Å². The van der Waals surface area contributed by atoms with E-state index in [4.69, 9.17) is 16.3 Å². The lowest BCUT2D eigenvalue weighted by molar-refractivity contribution is -0.133. The molecule has 1 aromatic rings. The molecule has 0 N–H and O–H groups in total. The Hall–Kier alpha value is -1.59. The molecule has 0 radical (unpaired) electrons. The molecule has 22 heavy (non-hydrogen) atoms. The smallest absolute Gasteiger partial charge is 0.255 e. The molecule has 0 saturated carbocycles. The molecular weight excluding hydrogens is 304 g/mol. The number of hydrogen-bond acceptors (Lipinski definition) is 3. The molecule has 118 valence electrons. The summed E-state index contributed by atoms with van der Waals surface area (Å²) in [5.74, 6) is -0.360. The van der Waals surface area contributed by atoms with Gasteiger partial charge in [0.05, 0.1) is 35.8 Å². The highest BCUT2D eigenvalue weighted by Gasteiger charge is 2.39. The van der Waals surface area contributed by atoms with Gasteiger partial charge in [0.25, 0.3) is 5.91 Å². The quantitative estimate of drug-likeness (QED) is 0.788. The monoisotopic (exact) mass is 322 g/mol. The van der Waals surface area contributed by atoms with E-state index in [0.717, 1.165) is 5.56 Å². The van der Waals surface area contributed by atoms with Crippen LogP contribution in [0.5, 0.6) is 0 Å². The number of nitrogens with zero attached hydrogens (tertiary/aromatic N) is 2. The van der Waals surface area contributed by atoms with Crippen LogP contribution in [0.2, 0.25) is 5.02 Å². The zero-order chi connectivity index (χ0) is 15.9. The molecule has 0 aromatic heterocycles. The SMILES string of the molecule is Cc1cccc(Cl)c1C(=O)N1C[C@@H]2COC[C@H](C1)N(C)C2=O. The highest BCUT2D eigenvalue weighted by atomic mass is 35.5. The Morgan fingerprint density at radius 2 is 2.09 bits per heavy atom. The Kier molecular flexibility index (Phi) is 4.10. The van der Waals surface area contributed by atoms with E-state index in [1.807, 2.05) is 19.1 Å². The van der Waals surface area contributed by atoms with E-state index < -0.39 is 0 Å². The molecule has 5 nitrogen and oxygen atoms in total. The summed E-state index contributed by atoms with van der Waals surface area (Å²) >= 11 is 6.21. The summed E-state index contributed by atoms with van der Waals surface area (Å²) in [5, 5.41) is 0.454. The second-order valence-electron chi connectivity index (χ2n) is 5.98. The predicted octanol–water partition coefficient (Wildman–Crippen LogP) is 1.58. The fraction of sp³-hybridized carbons (Fsp3) is 0.500. The predicted molar refractivity (Wildman–Crippen MR) is 83.0 cm³/mol. The zero-order valence-electron chi connectivity index (χ0n) is 12.7. The third-order valence-electron chi connectivity index (χ3n) is 4.47. The van der Waals surface area contributed by atoms with Crippen LogP contribution in [0.1, 0.15) is 15.9 Å². The molecule has 2 atom stereocenters. The number of benzene rings is 1. The number of hydrogen-bond donors (Lipinski definition) is 0. The Labute approximate surface area is 134 Å². The van der Waals surface area contributed by atoms with Gasteiger partial charge >= 0.3 is 0 Å². The standard InChI is InChI=1S/C16H19ClN2O3/c1-10-4-3-5-13(17)14(10)16(21)19-6-11-8-22-9-12(7-19)18(2)15(11)20/h3-5,11-12H,6-9H2,1-2H3/t11-,12+/m1/s1. The molecule has 0 aliphatic carbocycles. The highest BCUT2D eigenvalue weighted by molar-refractivity contribution is 6.34. The molecule has 6 heteroatoms. The average molecular weight is 323 g/mol. The van der Waals surface area contributed by atoms with Gasteiger partial charge in [-0.05, 0) is 18.6 Å². The maximum absolute atomic E-state index is 12.9. The first-order valence-electron chi connectivity index (χ1n) is 7.38. The normalized spacial score (nSPS) is 25.1. The average Bonchev–Trinajstić information content (AvgIpc) is 2.64. The van der Waals surface area contributed by atoms with Crippen LogP contribution in [0, 0.1) is 12.8 Å². The van der Waals surface area contributed by atoms with E-state index in [-0.39, 0.29) is 23.8 Å². The van der Waals surface area contributed by atoms with Crippen molar-refractivity contribution in [3.8, 4) is 0 Å². The van der Waals surface area contributed by atoms with Gasteiger partial charge in [-0.2, -0.15) is 0 Å². The summed E-state index contributed by atoms with van der Waals surface area (Å²) < 4.78 is 5.56. The minimum absolute atomic E-state index is 0.0497. The Balaban J connectivity index is 1.92. The van der Waals surface area contributed by atoms with Gasteiger partial charge < -0.3 is 14.5 Å². The van der Waals surface area contributed by atoms with Crippen LogP contribution in [0.15, 0.2) is 18.2 Å². The highest BCUT2D eigenvalue weighted by Crippen LogP contribution is 2.25. The van der Waals surface area contributed by atoms with Crippen LogP contribution in [-0.2, 0) is 9.53 Å². The molecule has 2 saturated heterocycles. The molecule has 2 aliphatic rings. The number of halogens is 1. The molecule has 2 amide bonds. The lowest BCUT2D eigenvalue weighted by atomic mass is 10.1. The molecule has 1 aromatic carbocycles. The molecule has 2 aliphatic heterocycles. The first-order valence-corrected chi connectivity index (χ1v) is 7.75. The first kappa shape index (κ1) is 15.3. The van der Waals surface area contributed by atoms with E-state index >= 15 is 0 Å². The van der Waals surface area contributed by atoms with E-state index in [1.54, 1.807) is 22.9 Å². The van der Waals surface area contributed by atoms with Crippen molar-refractivity contribution in [1.29, 1.82) is 0 Å². The number of carbonyl (C=O) groups is 2. The second-order valence-corrected chi connectivity index (χ2v) is 6.39. The van der Waals surface area contributed by atoms with Crippen molar-refractivity contribution in [3.05, 3.63) is 34.3 Å². The fourth-order valence-corrected chi connectivity index (χ4v) is 3.43. The van der Waals surface area contributed by atoms with Gasteiger partial charge in [-0.3, -0.25) is 9.59 Å². The Morgan fingerprint density at radius 1 is 1.32 bits per heavy atom. The third-order valence-corrected chi connectivity index (χ3v) is 4.78. The van der Waals surface area contributed by atoms with Crippen molar-refractivity contribution in [2.24, 2.45) is 5.92 Å². The van der Waals surface area contributed by atoms with Crippen molar-refractivity contribution in [3.63, 3.8) is 0 Å². The molecule has 2 heterocycles. The van der Waals surface area contributed by atoms with Crippen LogP contribution in [0.25, 0.3) is 0 Å². The molecular formula is C16H19ClN2O3. The van der Waals surface area contributed by atoms with Crippen molar-refractivity contribution in [2.45, 2.75) is 13.0 Å². The third kappa shape index (κ3) is 2.59. The van der Waals surface area contributed by atoms with E-state index in [1.165, 1.54) is 0 Å². The van der Waals surface area contributed by atoms with Crippen LogP contribution in [0.4, 0.5) is 0 Å². The Morgan fingerprint density at radius 3 is 2.82 bits per heavy atom. The lowest BCUT2D eigenvalue weighted by Gasteiger charge is -2.30. The maximum atomic E-state index is 12.9. The fourth-order valence-electron chi connectivity index (χ4n) is 3.13. The van der Waals surface area contributed by atoms with Crippen molar-refractivity contribution in [1.82, 2.24) is 9.80 Å². The summed E-state index contributed by atoms with van der Waals surface area (Å²) in [6.45, 7) is 3.55. The summed E-state index contributed by atoms with van der Waals surface area (Å²) in [5.41, 5.74) is 1.38. The minimum Gasteiger partial charge on any atom is -0.378 e. The molecule has 0 spiro atoms. The summed E-state index contributed by atoms with van der Waals surface area (Å²) in [7, 11) is 1.78. The first-order chi connectivity index (χ1) is 10.5. The van der Waals surface area contributed by atoms with Crippen LogP contribution in [-0.4, -0.2) is 61.0 Å². The zero-order valence-corrected chi connectivity index (χ0v) is 13.5. The van der Waals surface area contributed by atoms with E-state index in [2.05, 4.69) is 0 Å². The molecule has 2 fully saturated rings. The topological polar surface area (TPSA) is 49.9 Å². The summed E-state index contributed by atoms with van der Waals surface area (Å²) in [6.07, 6.45) is 0. The molecule has 2 bridgehead atoms. The second kappa shape index (κ2) is 5.89. The van der Waals surface area contributed by atoms with Crippen molar-refractivity contribution >= 4 is 23.4 Å². The number of ether oxygens (including phenoxy) is 1. The number of amides is 2. The van der Waals surface area contributed by atoms with Crippen molar-refractivity contribution < 1.29 is 14.3 Å². The van der Waals surface area contributed by atoms with Crippen LogP contribution in [0.3, 0.4) is 0 Å². The van der Waals surface area contributed by atoms with Gasteiger partial charge in [0.15, 0.2) is 0 Å².